The molecule has 0 atom stereocenters. The Bertz CT molecular complexity index is 1110. The van der Waals surface area contributed by atoms with Gasteiger partial charge in [0.25, 0.3) is 5.91 Å². The number of methoxy groups -OCH3 is 2. The van der Waals surface area contributed by atoms with Crippen LogP contribution in [0.4, 0.5) is 11.4 Å². The average Bonchev–Trinajstić information content (AvgIpc) is 2.82. The van der Waals surface area contributed by atoms with Crippen molar-refractivity contribution in [3.8, 4) is 0 Å². The number of ether oxygens (including phenoxy) is 3. The van der Waals surface area contributed by atoms with Crippen LogP contribution in [0.2, 0.25) is 0 Å². The zero-order valence-electron chi connectivity index (χ0n) is 17.8. The lowest BCUT2D eigenvalue weighted by molar-refractivity contribution is -0.140. The summed E-state index contributed by atoms with van der Waals surface area (Å²) in [4.78, 5) is 50.4. The number of benzene rings is 2. The second kappa shape index (κ2) is 9.88. The fourth-order valence-electron chi connectivity index (χ4n) is 3.18. The molecule has 9 nitrogen and oxygen atoms in total. The summed E-state index contributed by atoms with van der Waals surface area (Å²) in [7, 11) is 2.41. The summed E-state index contributed by atoms with van der Waals surface area (Å²) in [5.74, 6) is -1.97. The van der Waals surface area contributed by atoms with E-state index in [9.17, 15) is 19.2 Å². The van der Waals surface area contributed by atoms with Gasteiger partial charge in [-0.3, -0.25) is 9.59 Å². The largest absolute Gasteiger partial charge is 0.466 e. The standard InChI is InChI=1S/C23H22N2O7/c1-14(26)15-6-4-8-17(10-15)24-21(27)16-7-5-9-18(11-16)25-13-32-12-19(22(28)30-2)20(25)23(29)31-3/h4-11H,12-13H2,1-3H3,(H,24,27). The molecule has 0 unspecified atom stereocenters. The summed E-state index contributed by atoms with van der Waals surface area (Å²) in [5, 5.41) is 2.75. The van der Waals surface area contributed by atoms with E-state index in [0.717, 1.165) is 0 Å². The number of esters is 2. The third-order valence-electron chi connectivity index (χ3n) is 4.78. The van der Waals surface area contributed by atoms with Gasteiger partial charge in [-0.25, -0.2) is 9.59 Å². The third-order valence-corrected chi connectivity index (χ3v) is 4.78. The molecule has 2 aromatic carbocycles. The highest BCUT2D eigenvalue weighted by atomic mass is 16.5. The van der Waals surface area contributed by atoms with Crippen LogP contribution in [-0.2, 0) is 23.8 Å². The number of rotatable bonds is 6. The monoisotopic (exact) mass is 438 g/mol. The molecule has 32 heavy (non-hydrogen) atoms. The van der Waals surface area contributed by atoms with Crippen LogP contribution in [0, 0.1) is 0 Å². The Balaban J connectivity index is 1.93. The molecule has 0 spiro atoms. The molecule has 0 aliphatic carbocycles. The number of carbonyl (C=O) groups is 4. The molecule has 0 radical (unpaired) electrons. The molecule has 9 heteroatoms. The zero-order valence-corrected chi connectivity index (χ0v) is 17.8. The number of Topliss-reactive ketones (excluding diaryl/α,β-unsaturated/α-hetero) is 1. The van der Waals surface area contributed by atoms with Gasteiger partial charge in [0.05, 0.1) is 26.4 Å². The maximum atomic E-state index is 12.8. The third kappa shape index (κ3) is 4.84. The van der Waals surface area contributed by atoms with Crippen molar-refractivity contribution in [2.24, 2.45) is 0 Å². The van der Waals surface area contributed by atoms with Gasteiger partial charge in [0.2, 0.25) is 0 Å². The van der Waals surface area contributed by atoms with Crippen molar-refractivity contribution in [1.82, 2.24) is 0 Å². The van der Waals surface area contributed by atoms with Gasteiger partial charge in [-0.15, -0.1) is 0 Å². The molecule has 0 saturated heterocycles. The van der Waals surface area contributed by atoms with Crippen LogP contribution in [0.1, 0.15) is 27.6 Å². The molecule has 1 aliphatic rings. The fourth-order valence-corrected chi connectivity index (χ4v) is 3.18. The lowest BCUT2D eigenvalue weighted by atomic mass is 10.1. The highest BCUT2D eigenvalue weighted by molar-refractivity contribution is 6.06. The lowest BCUT2D eigenvalue weighted by Crippen LogP contribution is -2.38. The summed E-state index contributed by atoms with van der Waals surface area (Å²) >= 11 is 0. The number of anilines is 2. The van der Waals surface area contributed by atoms with Gasteiger partial charge in [-0.05, 0) is 37.3 Å². The van der Waals surface area contributed by atoms with Crippen molar-refractivity contribution < 1.29 is 33.4 Å². The van der Waals surface area contributed by atoms with Crippen LogP contribution in [-0.4, -0.2) is 51.2 Å². The average molecular weight is 438 g/mol. The number of hydrogen-bond acceptors (Lipinski definition) is 8. The smallest absolute Gasteiger partial charge is 0.355 e. The number of nitrogens with zero attached hydrogens (tertiary/aromatic N) is 1. The van der Waals surface area contributed by atoms with Crippen LogP contribution in [0.5, 0.6) is 0 Å². The van der Waals surface area contributed by atoms with Gasteiger partial charge in [0, 0.05) is 22.5 Å². The van der Waals surface area contributed by atoms with Crippen molar-refractivity contribution >= 4 is 35.0 Å². The SMILES string of the molecule is COC(=O)C1=C(C(=O)OC)N(c2cccc(C(=O)Nc3cccc(C(C)=O)c3)c2)COC1. The van der Waals surface area contributed by atoms with Crippen molar-refractivity contribution in [1.29, 1.82) is 0 Å². The topological polar surface area (TPSA) is 111 Å². The van der Waals surface area contributed by atoms with Gasteiger partial charge in [-0.1, -0.05) is 18.2 Å². The van der Waals surface area contributed by atoms with E-state index in [1.54, 1.807) is 48.5 Å². The Kier molecular flexibility index (Phi) is 7.01. The molecule has 0 bridgehead atoms. The molecule has 1 heterocycles. The van der Waals surface area contributed by atoms with E-state index in [2.05, 4.69) is 5.32 Å². The zero-order chi connectivity index (χ0) is 23.3. The van der Waals surface area contributed by atoms with Crippen LogP contribution in [0.15, 0.2) is 59.8 Å². The number of nitrogens with one attached hydrogen (secondary N) is 1. The maximum absolute atomic E-state index is 12.8. The van der Waals surface area contributed by atoms with Crippen molar-refractivity contribution in [3.05, 3.63) is 70.9 Å². The van der Waals surface area contributed by atoms with E-state index in [0.29, 0.717) is 22.5 Å². The normalized spacial score (nSPS) is 13.4. The minimum absolute atomic E-state index is 0.0153. The molecule has 0 aromatic heterocycles. The number of carbonyl (C=O) groups excluding carboxylic acids is 4. The Morgan fingerprint density at radius 2 is 1.62 bits per heavy atom. The van der Waals surface area contributed by atoms with Crippen LogP contribution >= 0.6 is 0 Å². The predicted octanol–water partition coefficient (Wildman–Crippen LogP) is 2.54. The summed E-state index contributed by atoms with van der Waals surface area (Å²) in [5.41, 5.74) is 1.68. The van der Waals surface area contributed by atoms with Gasteiger partial charge in [0.15, 0.2) is 5.78 Å². The second-order valence-electron chi connectivity index (χ2n) is 6.86. The number of hydrogen-bond donors (Lipinski definition) is 1. The molecule has 1 amide bonds. The predicted molar refractivity (Wildman–Crippen MR) is 115 cm³/mol. The maximum Gasteiger partial charge on any atom is 0.355 e. The molecule has 3 rings (SSSR count). The van der Waals surface area contributed by atoms with Gasteiger partial charge in [0.1, 0.15) is 12.4 Å². The van der Waals surface area contributed by atoms with Crippen LogP contribution < -0.4 is 10.2 Å². The van der Waals surface area contributed by atoms with E-state index in [1.807, 2.05) is 0 Å². The molecular formula is C23H22N2O7. The van der Waals surface area contributed by atoms with Gasteiger partial charge in [-0.2, -0.15) is 0 Å². The second-order valence-corrected chi connectivity index (χ2v) is 6.86. The summed E-state index contributed by atoms with van der Waals surface area (Å²) in [6.45, 7) is 1.30. The molecular weight excluding hydrogens is 416 g/mol. The Labute approximate surface area is 184 Å². The highest BCUT2D eigenvalue weighted by Gasteiger charge is 2.32. The molecule has 0 fully saturated rings. The molecule has 1 aliphatic heterocycles. The minimum Gasteiger partial charge on any atom is -0.466 e. The Morgan fingerprint density at radius 3 is 2.31 bits per heavy atom. The molecule has 0 saturated carbocycles. The van der Waals surface area contributed by atoms with E-state index >= 15 is 0 Å². The van der Waals surface area contributed by atoms with E-state index < -0.39 is 17.8 Å². The van der Waals surface area contributed by atoms with E-state index in [1.165, 1.54) is 26.0 Å². The summed E-state index contributed by atoms with van der Waals surface area (Å²) in [6.07, 6.45) is 0. The van der Waals surface area contributed by atoms with Crippen molar-refractivity contribution in [2.75, 3.05) is 37.8 Å². The van der Waals surface area contributed by atoms with Crippen LogP contribution in [0.25, 0.3) is 0 Å². The number of amides is 1. The van der Waals surface area contributed by atoms with Crippen molar-refractivity contribution in [2.45, 2.75) is 6.92 Å². The highest BCUT2D eigenvalue weighted by Crippen LogP contribution is 2.27. The van der Waals surface area contributed by atoms with E-state index in [-0.39, 0.29) is 30.4 Å². The molecule has 166 valence electrons. The summed E-state index contributed by atoms with van der Waals surface area (Å²) < 4.78 is 15.1. The minimum atomic E-state index is -0.732. The quantitative estimate of drug-likeness (QED) is 0.541. The van der Waals surface area contributed by atoms with Crippen molar-refractivity contribution in [3.63, 3.8) is 0 Å². The van der Waals surface area contributed by atoms with Gasteiger partial charge < -0.3 is 24.4 Å². The van der Waals surface area contributed by atoms with Crippen LogP contribution in [0.3, 0.4) is 0 Å². The first-order chi connectivity index (χ1) is 15.3. The van der Waals surface area contributed by atoms with E-state index in [4.69, 9.17) is 14.2 Å². The Hall–Kier alpha value is -3.98. The molecule has 2 aromatic rings. The first kappa shape index (κ1) is 22.7. The Morgan fingerprint density at radius 1 is 0.938 bits per heavy atom. The number of ketones is 1. The fraction of sp³-hybridized carbons (Fsp3) is 0.217. The molecule has 1 N–H and O–H groups in total. The summed E-state index contributed by atoms with van der Waals surface area (Å²) in [6, 6.07) is 13.1. The van der Waals surface area contributed by atoms with Gasteiger partial charge >= 0.3 is 11.9 Å². The lowest BCUT2D eigenvalue weighted by Gasteiger charge is -2.31. The first-order valence-electron chi connectivity index (χ1n) is 9.63. The first-order valence-corrected chi connectivity index (χ1v) is 9.63.